The minimum absolute atomic E-state index is 0.0523. The summed E-state index contributed by atoms with van der Waals surface area (Å²) in [6.45, 7) is 1.97. The molecule has 0 heterocycles. The van der Waals surface area contributed by atoms with Crippen LogP contribution in [0.3, 0.4) is 0 Å². The molecule has 0 unspecified atom stereocenters. The molecule has 2 aromatic rings. The molecule has 4 nitrogen and oxygen atoms in total. The highest BCUT2D eigenvalue weighted by Gasteiger charge is 2.15. The number of carbonyl (C=O) groups is 2. The number of rotatable bonds is 6. The molecule has 0 amide bonds. The van der Waals surface area contributed by atoms with E-state index in [0.29, 0.717) is 12.1 Å². The lowest BCUT2D eigenvalue weighted by molar-refractivity contribution is -0.129. The van der Waals surface area contributed by atoms with Crippen molar-refractivity contribution in [1.82, 2.24) is 0 Å². The molecule has 0 aliphatic carbocycles. The van der Waals surface area contributed by atoms with E-state index in [1.807, 2.05) is 6.92 Å². The minimum Gasteiger partial charge on any atom is -0.423 e. The number of unbranched alkanes of at least 4 members (excludes halogenated alkanes) is 1. The molecule has 2 aromatic carbocycles. The van der Waals surface area contributed by atoms with Crippen molar-refractivity contribution < 1.29 is 32.2 Å². The fourth-order valence-corrected chi connectivity index (χ4v) is 1.91. The Kier molecular flexibility index (Phi) is 6.54. The molecule has 0 fully saturated rings. The molecule has 26 heavy (non-hydrogen) atoms. The Labute approximate surface area is 147 Å². The highest BCUT2D eigenvalue weighted by molar-refractivity contribution is 5.91. The van der Waals surface area contributed by atoms with Crippen molar-refractivity contribution in [2.45, 2.75) is 19.8 Å². The monoisotopic (exact) mass is 364 g/mol. The molecule has 136 valence electrons. The van der Waals surface area contributed by atoms with E-state index in [4.69, 9.17) is 9.47 Å². The first kappa shape index (κ1) is 19.2. The van der Waals surface area contributed by atoms with Gasteiger partial charge in [-0.15, -0.1) is 0 Å². The zero-order valence-electron chi connectivity index (χ0n) is 13.8. The van der Waals surface area contributed by atoms with E-state index in [-0.39, 0.29) is 11.3 Å². The van der Waals surface area contributed by atoms with Crippen molar-refractivity contribution in [1.29, 1.82) is 0 Å². The lowest BCUT2D eigenvalue weighted by Crippen LogP contribution is -2.10. The van der Waals surface area contributed by atoms with Gasteiger partial charge in [-0.3, -0.25) is 0 Å². The Morgan fingerprint density at radius 1 is 0.962 bits per heavy atom. The van der Waals surface area contributed by atoms with Crippen LogP contribution >= 0.6 is 0 Å². The molecule has 0 N–H and O–H groups in total. The van der Waals surface area contributed by atoms with E-state index < -0.39 is 35.1 Å². The van der Waals surface area contributed by atoms with E-state index in [2.05, 4.69) is 0 Å². The first-order valence-electron chi connectivity index (χ1n) is 7.76. The van der Waals surface area contributed by atoms with Gasteiger partial charge in [0.25, 0.3) is 0 Å². The third-order valence-electron chi connectivity index (χ3n) is 3.19. The smallest absolute Gasteiger partial charge is 0.343 e. The molecule has 7 heteroatoms. The van der Waals surface area contributed by atoms with Crippen molar-refractivity contribution >= 4 is 11.9 Å². The van der Waals surface area contributed by atoms with Gasteiger partial charge in [-0.1, -0.05) is 19.4 Å². The summed E-state index contributed by atoms with van der Waals surface area (Å²) in [4.78, 5) is 23.5. The summed E-state index contributed by atoms with van der Waals surface area (Å²) >= 11 is 0. The van der Waals surface area contributed by atoms with Crippen LogP contribution in [-0.4, -0.2) is 11.9 Å². The van der Waals surface area contributed by atoms with Crippen LogP contribution in [0, 0.1) is 17.5 Å². The second-order valence-electron chi connectivity index (χ2n) is 5.23. The van der Waals surface area contributed by atoms with Crippen molar-refractivity contribution in [3.8, 4) is 11.5 Å². The average Bonchev–Trinajstić information content (AvgIpc) is 2.60. The molecule has 0 aliphatic heterocycles. The van der Waals surface area contributed by atoms with Gasteiger partial charge in [0, 0.05) is 18.2 Å². The summed E-state index contributed by atoms with van der Waals surface area (Å²) in [7, 11) is 0. The van der Waals surface area contributed by atoms with Gasteiger partial charge in [-0.2, -0.15) is 0 Å². The van der Waals surface area contributed by atoms with Gasteiger partial charge in [0.15, 0.2) is 17.5 Å². The Balaban J connectivity index is 2.01. The predicted octanol–water partition coefficient (Wildman–Crippen LogP) is 4.58. The van der Waals surface area contributed by atoms with Crippen LogP contribution in [0.15, 0.2) is 48.6 Å². The van der Waals surface area contributed by atoms with Crippen molar-refractivity contribution in [2.75, 3.05) is 0 Å². The Morgan fingerprint density at radius 3 is 2.15 bits per heavy atom. The number of hydrogen-bond donors (Lipinski definition) is 0. The van der Waals surface area contributed by atoms with Gasteiger partial charge in [0.1, 0.15) is 11.5 Å². The molecule has 0 radical (unpaired) electrons. The standard InChI is InChI=1S/C19H15F3O4/c1-2-3-4-5-17(23)25-13-8-6-12(7-9-13)19(24)26-14-10-15(20)18(22)16(21)11-14/h4-11H,2-3H2,1H3. The van der Waals surface area contributed by atoms with Crippen molar-refractivity contribution in [3.05, 3.63) is 71.6 Å². The Bertz CT molecular complexity index is 806. The molecular formula is C19H15F3O4. The van der Waals surface area contributed by atoms with Crippen molar-refractivity contribution in [2.24, 2.45) is 0 Å². The van der Waals surface area contributed by atoms with Crippen LogP contribution in [0.4, 0.5) is 13.2 Å². The van der Waals surface area contributed by atoms with Gasteiger partial charge < -0.3 is 9.47 Å². The minimum atomic E-state index is -1.65. The van der Waals surface area contributed by atoms with E-state index in [9.17, 15) is 22.8 Å². The molecule has 0 atom stereocenters. The third kappa shape index (κ3) is 5.20. The highest BCUT2D eigenvalue weighted by Crippen LogP contribution is 2.21. The zero-order valence-corrected chi connectivity index (χ0v) is 13.8. The van der Waals surface area contributed by atoms with E-state index >= 15 is 0 Å². The summed E-state index contributed by atoms with van der Waals surface area (Å²) in [6, 6.07) is 6.50. The lowest BCUT2D eigenvalue weighted by atomic mass is 10.2. The fraction of sp³-hybridized carbons (Fsp3) is 0.158. The maximum atomic E-state index is 13.1. The van der Waals surface area contributed by atoms with Gasteiger partial charge in [-0.25, -0.2) is 22.8 Å². The maximum absolute atomic E-state index is 13.1. The normalized spacial score (nSPS) is 10.8. The van der Waals surface area contributed by atoms with Crippen LogP contribution in [0.25, 0.3) is 0 Å². The summed E-state index contributed by atoms with van der Waals surface area (Å²) in [5.41, 5.74) is 0.0523. The van der Waals surface area contributed by atoms with Crippen LogP contribution in [0.1, 0.15) is 30.1 Å². The van der Waals surface area contributed by atoms with Crippen molar-refractivity contribution in [3.63, 3.8) is 0 Å². The second-order valence-corrected chi connectivity index (χ2v) is 5.23. The van der Waals surface area contributed by atoms with Crippen LogP contribution in [-0.2, 0) is 4.79 Å². The number of hydrogen-bond acceptors (Lipinski definition) is 4. The summed E-state index contributed by atoms with van der Waals surface area (Å²) < 4.78 is 49.0. The SMILES string of the molecule is CCCC=CC(=O)Oc1ccc(C(=O)Oc2cc(F)c(F)c(F)c2)cc1. The largest absolute Gasteiger partial charge is 0.423 e. The molecular weight excluding hydrogens is 349 g/mol. The summed E-state index contributed by atoms with van der Waals surface area (Å²) in [6.07, 6.45) is 4.66. The van der Waals surface area contributed by atoms with Gasteiger partial charge in [-0.05, 0) is 30.7 Å². The molecule has 0 saturated carbocycles. The number of carbonyl (C=O) groups excluding carboxylic acids is 2. The second kappa shape index (κ2) is 8.84. The Hall–Kier alpha value is -3.09. The van der Waals surface area contributed by atoms with E-state index in [1.165, 1.54) is 30.3 Å². The first-order valence-corrected chi connectivity index (χ1v) is 7.76. The van der Waals surface area contributed by atoms with E-state index in [1.54, 1.807) is 6.08 Å². The Morgan fingerprint density at radius 2 is 1.58 bits per heavy atom. The number of esters is 2. The molecule has 0 aliphatic rings. The fourth-order valence-electron chi connectivity index (χ4n) is 1.91. The number of allylic oxidation sites excluding steroid dienone is 1. The molecule has 0 spiro atoms. The number of ether oxygens (including phenoxy) is 2. The summed E-state index contributed by atoms with van der Waals surface area (Å²) in [5.74, 6) is -6.29. The quantitative estimate of drug-likeness (QED) is 0.326. The third-order valence-corrected chi connectivity index (χ3v) is 3.19. The van der Waals surface area contributed by atoms with E-state index in [0.717, 1.165) is 12.8 Å². The first-order chi connectivity index (χ1) is 12.4. The average molecular weight is 364 g/mol. The van der Waals surface area contributed by atoms with Crippen LogP contribution < -0.4 is 9.47 Å². The molecule has 0 saturated heterocycles. The van der Waals surface area contributed by atoms with Gasteiger partial charge >= 0.3 is 11.9 Å². The zero-order chi connectivity index (χ0) is 19.1. The van der Waals surface area contributed by atoms with Gasteiger partial charge in [0.05, 0.1) is 5.56 Å². The highest BCUT2D eigenvalue weighted by atomic mass is 19.2. The number of benzene rings is 2. The molecule has 2 rings (SSSR count). The molecule has 0 aromatic heterocycles. The van der Waals surface area contributed by atoms with Crippen LogP contribution in [0.5, 0.6) is 11.5 Å². The van der Waals surface area contributed by atoms with Gasteiger partial charge in [0.2, 0.25) is 0 Å². The predicted molar refractivity (Wildman–Crippen MR) is 87.4 cm³/mol. The maximum Gasteiger partial charge on any atom is 0.343 e. The topological polar surface area (TPSA) is 52.6 Å². The lowest BCUT2D eigenvalue weighted by Gasteiger charge is -2.06. The van der Waals surface area contributed by atoms with Crippen LogP contribution in [0.2, 0.25) is 0 Å². The molecule has 0 bridgehead atoms. The summed E-state index contributed by atoms with van der Waals surface area (Å²) in [5, 5.41) is 0. The number of halogens is 3.